The number of halogens is 1. The molecule has 2 heteroatoms. The first-order valence-electron chi connectivity index (χ1n) is 5.58. The van der Waals surface area contributed by atoms with E-state index < -0.39 is 0 Å². The van der Waals surface area contributed by atoms with Crippen molar-refractivity contribution < 1.29 is 4.79 Å². The fourth-order valence-corrected chi connectivity index (χ4v) is 2.16. The Balaban J connectivity index is 3.10. The molecule has 16 heavy (non-hydrogen) atoms. The molecule has 0 aromatic heterocycles. The zero-order chi connectivity index (χ0) is 12.3. The predicted molar refractivity (Wildman–Crippen MR) is 72.5 cm³/mol. The Labute approximate surface area is 106 Å². The van der Waals surface area contributed by atoms with Gasteiger partial charge in [0, 0.05) is 6.42 Å². The Morgan fingerprint density at radius 1 is 1.44 bits per heavy atom. The molecule has 0 saturated carbocycles. The van der Waals surface area contributed by atoms with Crippen LogP contribution in [0.15, 0.2) is 33.9 Å². The van der Waals surface area contributed by atoms with Crippen molar-refractivity contribution in [2.24, 2.45) is 5.41 Å². The van der Waals surface area contributed by atoms with Crippen LogP contribution in [0.5, 0.6) is 0 Å². The summed E-state index contributed by atoms with van der Waals surface area (Å²) < 4.78 is 0. The van der Waals surface area contributed by atoms with Crippen LogP contribution in [-0.2, 0) is 4.79 Å². The van der Waals surface area contributed by atoms with Crippen LogP contribution in [0.4, 0.5) is 0 Å². The van der Waals surface area contributed by atoms with E-state index in [4.69, 9.17) is 0 Å². The second kappa shape index (κ2) is 5.13. The van der Waals surface area contributed by atoms with Gasteiger partial charge in [0.25, 0.3) is 0 Å². The normalized spacial score (nSPS) is 22.1. The van der Waals surface area contributed by atoms with Crippen LogP contribution < -0.4 is 0 Å². The fraction of sp³-hybridized carbons (Fsp3) is 0.500. The summed E-state index contributed by atoms with van der Waals surface area (Å²) in [7, 11) is 0. The van der Waals surface area contributed by atoms with Crippen LogP contribution in [0.2, 0.25) is 0 Å². The number of allylic oxidation sites excluding steroid dienone is 5. The van der Waals surface area contributed by atoms with Gasteiger partial charge in [-0.15, -0.1) is 0 Å². The molecule has 0 fully saturated rings. The van der Waals surface area contributed by atoms with Crippen LogP contribution in [0.3, 0.4) is 0 Å². The van der Waals surface area contributed by atoms with Gasteiger partial charge in [-0.25, -0.2) is 0 Å². The summed E-state index contributed by atoms with van der Waals surface area (Å²) in [5.74, 6) is 0.291. The highest BCUT2D eigenvalue weighted by Gasteiger charge is 2.30. The van der Waals surface area contributed by atoms with E-state index in [9.17, 15) is 4.79 Å². The van der Waals surface area contributed by atoms with Crippen molar-refractivity contribution >= 4 is 21.7 Å². The lowest BCUT2D eigenvalue weighted by Crippen LogP contribution is -2.24. The Morgan fingerprint density at radius 3 is 2.62 bits per heavy atom. The molecule has 1 aliphatic rings. The molecular formula is C14H19BrO. The smallest absolute Gasteiger partial charge is 0.158 e. The number of rotatable bonds is 2. The van der Waals surface area contributed by atoms with Crippen molar-refractivity contribution in [2.45, 2.75) is 40.5 Å². The third-order valence-corrected chi connectivity index (χ3v) is 3.94. The van der Waals surface area contributed by atoms with E-state index in [0.29, 0.717) is 12.2 Å². The number of ketones is 1. The van der Waals surface area contributed by atoms with Gasteiger partial charge >= 0.3 is 0 Å². The summed E-state index contributed by atoms with van der Waals surface area (Å²) in [6.45, 7) is 8.38. The molecule has 0 spiro atoms. The van der Waals surface area contributed by atoms with Gasteiger partial charge < -0.3 is 0 Å². The molecular weight excluding hydrogens is 264 g/mol. The topological polar surface area (TPSA) is 17.1 Å². The van der Waals surface area contributed by atoms with Gasteiger partial charge in [-0.3, -0.25) is 4.79 Å². The number of carbonyl (C=O) groups excluding carboxylic acids is 1. The lowest BCUT2D eigenvalue weighted by Gasteiger charge is -2.32. The van der Waals surface area contributed by atoms with E-state index in [1.54, 1.807) is 0 Å². The maximum Gasteiger partial charge on any atom is 0.158 e. The van der Waals surface area contributed by atoms with Crippen LogP contribution in [0.1, 0.15) is 40.5 Å². The summed E-state index contributed by atoms with van der Waals surface area (Å²) in [5, 5.41) is 0. The lowest BCUT2D eigenvalue weighted by atomic mass is 9.72. The molecule has 0 heterocycles. The van der Waals surface area contributed by atoms with Crippen molar-refractivity contribution in [2.75, 3.05) is 0 Å². The Hall–Kier alpha value is -0.630. The number of hydrogen-bond acceptors (Lipinski definition) is 1. The Kier molecular flexibility index (Phi) is 4.31. The molecule has 88 valence electrons. The maximum atomic E-state index is 11.7. The van der Waals surface area contributed by atoms with Gasteiger partial charge in [0.05, 0.1) is 0 Å². The molecule has 1 rings (SSSR count). The minimum absolute atomic E-state index is 0.112. The van der Waals surface area contributed by atoms with Crippen LogP contribution in [-0.4, -0.2) is 5.78 Å². The molecule has 0 atom stereocenters. The average molecular weight is 283 g/mol. The van der Waals surface area contributed by atoms with Gasteiger partial charge in [-0.1, -0.05) is 41.9 Å². The summed E-state index contributed by atoms with van der Waals surface area (Å²) in [6.07, 6.45) is 5.76. The maximum absolute atomic E-state index is 11.7. The van der Waals surface area contributed by atoms with E-state index in [0.717, 1.165) is 17.6 Å². The molecule has 0 unspecified atom stereocenters. The van der Waals surface area contributed by atoms with Gasteiger partial charge in [-0.2, -0.15) is 0 Å². The highest BCUT2D eigenvalue weighted by atomic mass is 79.9. The molecule has 0 aromatic rings. The fourth-order valence-electron chi connectivity index (χ4n) is 2.01. The number of Topliss-reactive ketones (excluding diaryl/α,β-unsaturated/α-hetero) is 1. The zero-order valence-electron chi connectivity index (χ0n) is 10.4. The molecule has 0 amide bonds. The second-order valence-electron chi connectivity index (χ2n) is 5.03. The van der Waals surface area contributed by atoms with E-state index >= 15 is 0 Å². The van der Waals surface area contributed by atoms with E-state index in [-0.39, 0.29) is 5.41 Å². The van der Waals surface area contributed by atoms with Crippen LogP contribution in [0, 0.1) is 5.41 Å². The quantitative estimate of drug-likeness (QED) is 0.680. The second-order valence-corrected chi connectivity index (χ2v) is 5.49. The molecule has 1 aliphatic carbocycles. The Morgan fingerprint density at radius 2 is 2.06 bits per heavy atom. The highest BCUT2D eigenvalue weighted by Crippen LogP contribution is 2.39. The van der Waals surface area contributed by atoms with Crippen molar-refractivity contribution in [1.29, 1.82) is 0 Å². The van der Waals surface area contributed by atoms with E-state index in [1.165, 1.54) is 5.57 Å². The molecule has 0 aliphatic heterocycles. The predicted octanol–water partition coefficient (Wildman–Crippen LogP) is 4.55. The molecule has 0 aromatic carbocycles. The first-order valence-corrected chi connectivity index (χ1v) is 6.49. The van der Waals surface area contributed by atoms with E-state index in [2.05, 4.69) is 35.9 Å². The summed E-state index contributed by atoms with van der Waals surface area (Å²) in [5.41, 5.74) is 3.36. The first-order chi connectivity index (χ1) is 7.38. The number of carbonyl (C=O) groups is 1. The number of hydrogen-bond donors (Lipinski definition) is 0. The highest BCUT2D eigenvalue weighted by molar-refractivity contribution is 9.11. The molecule has 0 bridgehead atoms. The molecule has 1 nitrogen and oxygen atoms in total. The minimum Gasteiger partial charge on any atom is -0.295 e. The minimum atomic E-state index is 0.112. The molecule has 0 saturated heterocycles. The average Bonchev–Trinajstić information content (AvgIpc) is 2.23. The first kappa shape index (κ1) is 13.4. The SMILES string of the molecule is CC1=C(/C=C/C(C)=C/Br)C(C)(C)CCC1=O. The van der Waals surface area contributed by atoms with Crippen molar-refractivity contribution in [1.82, 2.24) is 0 Å². The third-order valence-electron chi connectivity index (χ3n) is 3.21. The summed E-state index contributed by atoms with van der Waals surface area (Å²) in [6, 6.07) is 0. The third kappa shape index (κ3) is 2.94. The van der Waals surface area contributed by atoms with Crippen molar-refractivity contribution in [3.05, 3.63) is 33.9 Å². The standard InChI is InChI=1S/C14H19BrO/c1-10(9-15)5-6-12-11(2)13(16)7-8-14(12,3)4/h5-6,9H,7-8H2,1-4H3/b6-5+,10-9+. The monoisotopic (exact) mass is 282 g/mol. The van der Waals surface area contributed by atoms with Gasteiger partial charge in [0.15, 0.2) is 5.78 Å². The lowest BCUT2D eigenvalue weighted by molar-refractivity contribution is -0.116. The van der Waals surface area contributed by atoms with Gasteiger partial charge in [0.1, 0.15) is 0 Å². The molecule has 0 N–H and O–H groups in total. The van der Waals surface area contributed by atoms with Gasteiger partial charge in [-0.05, 0) is 47.4 Å². The van der Waals surface area contributed by atoms with Crippen molar-refractivity contribution in [3.8, 4) is 0 Å². The van der Waals surface area contributed by atoms with Crippen LogP contribution in [0.25, 0.3) is 0 Å². The van der Waals surface area contributed by atoms with Crippen molar-refractivity contribution in [3.63, 3.8) is 0 Å². The Bertz CT molecular complexity index is 384. The summed E-state index contributed by atoms with van der Waals surface area (Å²) >= 11 is 3.30. The zero-order valence-corrected chi connectivity index (χ0v) is 12.0. The van der Waals surface area contributed by atoms with Gasteiger partial charge in [0.2, 0.25) is 0 Å². The van der Waals surface area contributed by atoms with E-state index in [1.807, 2.05) is 24.9 Å². The molecule has 0 radical (unpaired) electrons. The largest absolute Gasteiger partial charge is 0.295 e. The van der Waals surface area contributed by atoms with Crippen LogP contribution >= 0.6 is 15.9 Å². The summed E-state index contributed by atoms with van der Waals surface area (Å²) in [4.78, 5) is 13.6.